The number of pyridine rings is 1. The Morgan fingerprint density at radius 3 is 1.24 bits per heavy atom. The molecular weight excluding hydrogens is 560 g/mol. The van der Waals surface area contributed by atoms with Crippen molar-refractivity contribution in [3.63, 3.8) is 0 Å². The van der Waals surface area contributed by atoms with Gasteiger partial charge in [-0.2, -0.15) is 5.26 Å². The van der Waals surface area contributed by atoms with E-state index in [0.29, 0.717) is 5.56 Å². The third-order valence-electron chi connectivity index (χ3n) is 8.96. The maximum absolute atomic E-state index is 9.30. The summed E-state index contributed by atoms with van der Waals surface area (Å²) in [6.07, 6.45) is 0. The second-order valence-corrected chi connectivity index (χ2v) is 11.6. The average molecular weight is 587 g/mol. The molecular formula is C42H26N4. The molecule has 3 heterocycles. The van der Waals surface area contributed by atoms with E-state index in [-0.39, 0.29) is 0 Å². The smallest absolute Gasteiger partial charge is 0.140 e. The molecule has 0 unspecified atom stereocenters. The highest BCUT2D eigenvalue weighted by molar-refractivity contribution is 6.10. The Morgan fingerprint density at radius 1 is 0.391 bits per heavy atom. The van der Waals surface area contributed by atoms with Crippen molar-refractivity contribution in [2.45, 2.75) is 0 Å². The molecule has 46 heavy (non-hydrogen) atoms. The fourth-order valence-electron chi connectivity index (χ4n) is 6.85. The predicted octanol–water partition coefficient (Wildman–Crippen LogP) is 10.5. The minimum Gasteiger partial charge on any atom is -0.294 e. The quantitative estimate of drug-likeness (QED) is 0.206. The standard InChI is InChI=1S/C42H26N4/c43-27-28-20-22-29(23-21-28)30-10-9-11-31(24-30)32-25-41(45-37-16-5-1-12-33(37)34-13-2-6-17-38(34)45)44-42(26-32)46-39-18-7-3-14-35(39)36-15-4-8-19-40(36)46/h1-26H. The summed E-state index contributed by atoms with van der Waals surface area (Å²) >= 11 is 0. The van der Waals surface area contributed by atoms with Crippen LogP contribution in [0.25, 0.3) is 77.5 Å². The topological polar surface area (TPSA) is 46.5 Å². The predicted molar refractivity (Wildman–Crippen MR) is 189 cm³/mol. The molecule has 0 fully saturated rings. The van der Waals surface area contributed by atoms with Crippen LogP contribution >= 0.6 is 0 Å². The van der Waals surface area contributed by atoms with Gasteiger partial charge in [-0.25, -0.2) is 4.98 Å². The Balaban J connectivity index is 1.35. The van der Waals surface area contributed by atoms with Crippen LogP contribution in [0.5, 0.6) is 0 Å². The van der Waals surface area contributed by atoms with E-state index < -0.39 is 0 Å². The fourth-order valence-corrected chi connectivity index (χ4v) is 6.85. The van der Waals surface area contributed by atoms with E-state index in [4.69, 9.17) is 4.98 Å². The molecule has 0 bridgehead atoms. The molecule has 0 amide bonds. The molecule has 6 aromatic carbocycles. The van der Waals surface area contributed by atoms with E-state index in [0.717, 1.165) is 56.0 Å². The number of nitriles is 1. The van der Waals surface area contributed by atoms with Gasteiger partial charge in [-0.1, -0.05) is 103 Å². The molecule has 4 nitrogen and oxygen atoms in total. The molecule has 0 saturated heterocycles. The lowest BCUT2D eigenvalue weighted by atomic mass is 9.98. The zero-order valence-electron chi connectivity index (χ0n) is 24.8. The molecule has 214 valence electrons. The van der Waals surface area contributed by atoms with Gasteiger partial charge >= 0.3 is 0 Å². The average Bonchev–Trinajstić information content (AvgIpc) is 3.65. The van der Waals surface area contributed by atoms with Crippen LogP contribution in [0.4, 0.5) is 0 Å². The summed E-state index contributed by atoms with van der Waals surface area (Å²) in [7, 11) is 0. The molecule has 9 aromatic rings. The summed E-state index contributed by atoms with van der Waals surface area (Å²) in [4.78, 5) is 5.44. The third kappa shape index (κ3) is 4.03. The third-order valence-corrected chi connectivity index (χ3v) is 8.96. The van der Waals surface area contributed by atoms with Crippen LogP contribution in [0.15, 0.2) is 158 Å². The van der Waals surface area contributed by atoms with Crippen LogP contribution in [-0.2, 0) is 0 Å². The Morgan fingerprint density at radius 2 is 0.804 bits per heavy atom. The number of benzene rings is 6. The molecule has 4 heteroatoms. The maximum Gasteiger partial charge on any atom is 0.140 e. The van der Waals surface area contributed by atoms with Gasteiger partial charge in [0.2, 0.25) is 0 Å². The van der Waals surface area contributed by atoms with Crippen molar-refractivity contribution in [3.05, 3.63) is 163 Å². The molecule has 3 aromatic heterocycles. The lowest BCUT2D eigenvalue weighted by Gasteiger charge is -2.15. The highest BCUT2D eigenvalue weighted by atomic mass is 15.1. The Kier molecular flexibility index (Phi) is 5.84. The molecule has 0 aliphatic heterocycles. The van der Waals surface area contributed by atoms with Crippen molar-refractivity contribution in [1.29, 1.82) is 5.26 Å². The van der Waals surface area contributed by atoms with Gasteiger partial charge in [0.05, 0.1) is 33.7 Å². The first-order chi connectivity index (χ1) is 22.8. The van der Waals surface area contributed by atoms with Gasteiger partial charge in [0.1, 0.15) is 11.6 Å². The largest absolute Gasteiger partial charge is 0.294 e. The van der Waals surface area contributed by atoms with E-state index in [9.17, 15) is 5.26 Å². The van der Waals surface area contributed by atoms with E-state index in [2.05, 4.69) is 149 Å². The van der Waals surface area contributed by atoms with E-state index >= 15 is 0 Å². The number of hydrogen-bond acceptors (Lipinski definition) is 2. The summed E-state index contributed by atoms with van der Waals surface area (Å²) in [5, 5.41) is 14.1. The summed E-state index contributed by atoms with van der Waals surface area (Å²) in [6.45, 7) is 0. The van der Waals surface area contributed by atoms with Gasteiger partial charge in [-0.05, 0) is 76.9 Å². The van der Waals surface area contributed by atoms with Gasteiger partial charge in [-0.15, -0.1) is 0 Å². The minimum atomic E-state index is 0.653. The van der Waals surface area contributed by atoms with Crippen molar-refractivity contribution >= 4 is 43.6 Å². The molecule has 0 atom stereocenters. The number of para-hydroxylation sites is 4. The van der Waals surface area contributed by atoms with Gasteiger partial charge in [-0.3, -0.25) is 9.13 Å². The van der Waals surface area contributed by atoms with Gasteiger partial charge in [0.25, 0.3) is 0 Å². The van der Waals surface area contributed by atoms with Crippen LogP contribution in [0.2, 0.25) is 0 Å². The van der Waals surface area contributed by atoms with Crippen LogP contribution in [0.1, 0.15) is 5.56 Å². The number of aromatic nitrogens is 3. The molecule has 0 aliphatic rings. The van der Waals surface area contributed by atoms with Crippen LogP contribution in [0, 0.1) is 11.3 Å². The SMILES string of the molecule is N#Cc1ccc(-c2cccc(-c3cc(-n4c5ccccc5c5ccccc54)nc(-n4c5ccccc5c5ccccc54)c3)c2)cc1. The van der Waals surface area contributed by atoms with Crippen molar-refractivity contribution in [3.8, 4) is 40.0 Å². The highest BCUT2D eigenvalue weighted by Crippen LogP contribution is 2.37. The second-order valence-electron chi connectivity index (χ2n) is 11.6. The van der Waals surface area contributed by atoms with Gasteiger partial charge < -0.3 is 0 Å². The van der Waals surface area contributed by atoms with E-state index in [1.807, 2.05) is 24.3 Å². The lowest BCUT2D eigenvalue weighted by Crippen LogP contribution is -2.04. The Labute approximate surface area is 265 Å². The van der Waals surface area contributed by atoms with E-state index in [1.54, 1.807) is 0 Å². The monoisotopic (exact) mass is 586 g/mol. The van der Waals surface area contributed by atoms with Crippen LogP contribution in [0.3, 0.4) is 0 Å². The summed E-state index contributed by atoms with van der Waals surface area (Å²) in [6, 6.07) is 57.2. The first-order valence-electron chi connectivity index (χ1n) is 15.4. The normalized spacial score (nSPS) is 11.5. The molecule has 0 radical (unpaired) electrons. The summed E-state index contributed by atoms with van der Waals surface area (Å²) in [5.41, 5.74) is 9.45. The van der Waals surface area contributed by atoms with Crippen LogP contribution in [-0.4, -0.2) is 14.1 Å². The number of nitrogens with zero attached hydrogens (tertiary/aromatic N) is 4. The molecule has 9 rings (SSSR count). The molecule has 0 N–H and O–H groups in total. The van der Waals surface area contributed by atoms with Gasteiger partial charge in [0, 0.05) is 21.5 Å². The van der Waals surface area contributed by atoms with Gasteiger partial charge in [0.15, 0.2) is 0 Å². The lowest BCUT2D eigenvalue weighted by molar-refractivity contribution is 1.01. The first kappa shape index (κ1) is 26.0. The molecule has 0 aliphatic carbocycles. The zero-order valence-corrected chi connectivity index (χ0v) is 24.8. The maximum atomic E-state index is 9.30. The van der Waals surface area contributed by atoms with Crippen LogP contribution < -0.4 is 0 Å². The molecule has 0 saturated carbocycles. The van der Waals surface area contributed by atoms with E-state index in [1.165, 1.54) is 21.5 Å². The van der Waals surface area contributed by atoms with Crippen molar-refractivity contribution in [1.82, 2.24) is 14.1 Å². The summed E-state index contributed by atoms with van der Waals surface area (Å²) < 4.78 is 4.58. The Bertz CT molecular complexity index is 2410. The van der Waals surface area contributed by atoms with Crippen molar-refractivity contribution < 1.29 is 0 Å². The fraction of sp³-hybridized carbons (Fsp3) is 0. The first-order valence-corrected chi connectivity index (χ1v) is 15.4. The summed E-state index contributed by atoms with van der Waals surface area (Å²) in [5.74, 6) is 1.71. The number of rotatable bonds is 4. The zero-order chi connectivity index (χ0) is 30.6. The van der Waals surface area contributed by atoms with Crippen molar-refractivity contribution in [2.75, 3.05) is 0 Å². The van der Waals surface area contributed by atoms with Crippen molar-refractivity contribution in [2.24, 2.45) is 0 Å². The number of hydrogen-bond donors (Lipinski definition) is 0. The Hall–Kier alpha value is -6.44. The molecule has 0 spiro atoms. The number of fused-ring (bicyclic) bond motifs is 6. The highest BCUT2D eigenvalue weighted by Gasteiger charge is 2.18. The minimum absolute atomic E-state index is 0.653. The second kappa shape index (κ2) is 10.3.